The van der Waals surface area contributed by atoms with E-state index >= 15 is 0 Å². The van der Waals surface area contributed by atoms with Crippen molar-refractivity contribution in [3.05, 3.63) is 120 Å². The minimum atomic E-state index is 0.186. The third-order valence-corrected chi connectivity index (χ3v) is 4.33. The summed E-state index contributed by atoms with van der Waals surface area (Å²) in [6.45, 7) is 4.93. The molecule has 0 aliphatic carbocycles. The molecule has 0 heterocycles. The molecule has 3 aromatic rings. The van der Waals surface area contributed by atoms with E-state index in [4.69, 9.17) is 0 Å². The molecule has 0 saturated carbocycles. The van der Waals surface area contributed by atoms with Gasteiger partial charge < -0.3 is 5.32 Å². The SMILES string of the molecule is C=CC(c1ccccc1)C(NCc1ccccc1)c1ccccc1. The first kappa shape index (κ1) is 16.2. The Morgan fingerprint density at radius 3 is 1.75 bits per heavy atom. The van der Waals surface area contributed by atoms with Crippen LogP contribution in [0.5, 0.6) is 0 Å². The van der Waals surface area contributed by atoms with E-state index in [9.17, 15) is 0 Å². The molecule has 0 aliphatic rings. The second kappa shape index (κ2) is 8.28. The van der Waals surface area contributed by atoms with Crippen LogP contribution in [0.1, 0.15) is 28.7 Å². The number of nitrogens with one attached hydrogen (secondary N) is 1. The van der Waals surface area contributed by atoms with E-state index in [1.165, 1.54) is 16.7 Å². The minimum Gasteiger partial charge on any atom is -0.305 e. The lowest BCUT2D eigenvalue weighted by Crippen LogP contribution is -2.26. The summed E-state index contributed by atoms with van der Waals surface area (Å²) >= 11 is 0. The van der Waals surface area contributed by atoms with E-state index in [2.05, 4.69) is 103 Å². The highest BCUT2D eigenvalue weighted by molar-refractivity contribution is 5.31. The van der Waals surface area contributed by atoms with Crippen LogP contribution in [0.15, 0.2) is 104 Å². The molecule has 2 atom stereocenters. The van der Waals surface area contributed by atoms with Crippen molar-refractivity contribution < 1.29 is 0 Å². The fourth-order valence-electron chi connectivity index (χ4n) is 3.08. The lowest BCUT2D eigenvalue weighted by molar-refractivity contribution is 0.492. The zero-order chi connectivity index (χ0) is 16.6. The summed E-state index contributed by atoms with van der Waals surface area (Å²) in [4.78, 5) is 0. The van der Waals surface area contributed by atoms with Gasteiger partial charge in [0.25, 0.3) is 0 Å². The van der Waals surface area contributed by atoms with Gasteiger partial charge in [-0.15, -0.1) is 6.58 Å². The summed E-state index contributed by atoms with van der Waals surface area (Å²) in [6, 6.07) is 31.9. The van der Waals surface area contributed by atoms with Gasteiger partial charge in [0.05, 0.1) is 0 Å². The van der Waals surface area contributed by atoms with Crippen LogP contribution in [0, 0.1) is 0 Å². The van der Waals surface area contributed by atoms with Crippen LogP contribution in [0.25, 0.3) is 0 Å². The average Bonchev–Trinajstić information content (AvgIpc) is 2.67. The molecule has 120 valence electrons. The molecule has 0 radical (unpaired) electrons. The molecule has 24 heavy (non-hydrogen) atoms. The lowest BCUT2D eigenvalue weighted by Gasteiger charge is -2.27. The van der Waals surface area contributed by atoms with Gasteiger partial charge in [0.15, 0.2) is 0 Å². The van der Waals surface area contributed by atoms with Crippen molar-refractivity contribution >= 4 is 0 Å². The van der Waals surface area contributed by atoms with Crippen LogP contribution >= 0.6 is 0 Å². The molecule has 1 heteroatoms. The van der Waals surface area contributed by atoms with Gasteiger partial charge in [0.2, 0.25) is 0 Å². The molecule has 0 amide bonds. The first-order valence-corrected chi connectivity index (χ1v) is 8.38. The maximum absolute atomic E-state index is 4.10. The van der Waals surface area contributed by atoms with Crippen LogP contribution in [0.2, 0.25) is 0 Å². The van der Waals surface area contributed by atoms with Gasteiger partial charge in [-0.25, -0.2) is 0 Å². The topological polar surface area (TPSA) is 12.0 Å². The summed E-state index contributed by atoms with van der Waals surface area (Å²) < 4.78 is 0. The Morgan fingerprint density at radius 1 is 0.708 bits per heavy atom. The van der Waals surface area contributed by atoms with Gasteiger partial charge in [0, 0.05) is 18.5 Å². The van der Waals surface area contributed by atoms with Crippen LogP contribution in [0.3, 0.4) is 0 Å². The first-order chi connectivity index (χ1) is 11.9. The van der Waals surface area contributed by atoms with Gasteiger partial charge in [-0.05, 0) is 16.7 Å². The van der Waals surface area contributed by atoms with E-state index < -0.39 is 0 Å². The summed E-state index contributed by atoms with van der Waals surface area (Å²) in [5.74, 6) is 0.220. The highest BCUT2D eigenvalue weighted by atomic mass is 14.9. The Balaban J connectivity index is 1.88. The Morgan fingerprint density at radius 2 is 1.21 bits per heavy atom. The van der Waals surface area contributed by atoms with Crippen molar-refractivity contribution in [2.45, 2.75) is 18.5 Å². The monoisotopic (exact) mass is 313 g/mol. The van der Waals surface area contributed by atoms with E-state index in [0.29, 0.717) is 0 Å². The molecule has 1 N–H and O–H groups in total. The van der Waals surface area contributed by atoms with Gasteiger partial charge in [-0.1, -0.05) is 97.1 Å². The third-order valence-electron chi connectivity index (χ3n) is 4.33. The highest BCUT2D eigenvalue weighted by Crippen LogP contribution is 2.32. The Labute approximate surface area is 144 Å². The normalized spacial score (nSPS) is 13.2. The summed E-state index contributed by atoms with van der Waals surface area (Å²) in [7, 11) is 0. The van der Waals surface area contributed by atoms with Crippen molar-refractivity contribution in [3.63, 3.8) is 0 Å². The van der Waals surface area contributed by atoms with Gasteiger partial charge >= 0.3 is 0 Å². The predicted octanol–water partition coefficient (Wildman–Crippen LogP) is 5.49. The number of benzene rings is 3. The third kappa shape index (κ3) is 4.01. The van der Waals surface area contributed by atoms with Gasteiger partial charge in [-0.2, -0.15) is 0 Å². The molecule has 0 saturated heterocycles. The molecule has 0 bridgehead atoms. The smallest absolute Gasteiger partial charge is 0.0427 e. The summed E-state index contributed by atoms with van der Waals surface area (Å²) in [6.07, 6.45) is 2.05. The van der Waals surface area contributed by atoms with E-state index in [1.807, 2.05) is 6.08 Å². The predicted molar refractivity (Wildman–Crippen MR) is 102 cm³/mol. The van der Waals surface area contributed by atoms with Crippen LogP contribution in [-0.4, -0.2) is 0 Å². The molecule has 3 rings (SSSR count). The largest absolute Gasteiger partial charge is 0.305 e. The summed E-state index contributed by atoms with van der Waals surface area (Å²) in [5.41, 5.74) is 3.85. The molecule has 2 unspecified atom stereocenters. The Bertz CT molecular complexity index is 735. The fraction of sp³-hybridized carbons (Fsp3) is 0.130. The molecular weight excluding hydrogens is 290 g/mol. The summed E-state index contributed by atoms with van der Waals surface area (Å²) in [5, 5.41) is 3.73. The van der Waals surface area contributed by atoms with E-state index in [-0.39, 0.29) is 12.0 Å². The van der Waals surface area contributed by atoms with Crippen LogP contribution in [0.4, 0.5) is 0 Å². The van der Waals surface area contributed by atoms with E-state index in [0.717, 1.165) is 6.54 Å². The molecule has 3 aromatic carbocycles. The molecule has 0 aromatic heterocycles. The van der Waals surface area contributed by atoms with Crippen molar-refractivity contribution in [2.75, 3.05) is 0 Å². The maximum Gasteiger partial charge on any atom is 0.0427 e. The fourth-order valence-corrected chi connectivity index (χ4v) is 3.08. The maximum atomic E-state index is 4.10. The Hall–Kier alpha value is -2.64. The average molecular weight is 313 g/mol. The quantitative estimate of drug-likeness (QED) is 0.569. The molecule has 0 aliphatic heterocycles. The number of hydrogen-bond donors (Lipinski definition) is 1. The van der Waals surface area contributed by atoms with Crippen molar-refractivity contribution in [1.29, 1.82) is 0 Å². The molecular formula is C23H23N. The van der Waals surface area contributed by atoms with Crippen LogP contribution < -0.4 is 5.32 Å². The zero-order valence-corrected chi connectivity index (χ0v) is 13.8. The van der Waals surface area contributed by atoms with E-state index in [1.54, 1.807) is 0 Å². The van der Waals surface area contributed by atoms with Crippen molar-refractivity contribution in [3.8, 4) is 0 Å². The highest BCUT2D eigenvalue weighted by Gasteiger charge is 2.21. The van der Waals surface area contributed by atoms with Gasteiger partial charge in [0.1, 0.15) is 0 Å². The van der Waals surface area contributed by atoms with Crippen molar-refractivity contribution in [2.24, 2.45) is 0 Å². The number of hydrogen-bond acceptors (Lipinski definition) is 1. The number of rotatable bonds is 7. The molecule has 0 fully saturated rings. The second-order valence-electron chi connectivity index (χ2n) is 5.93. The molecule has 0 spiro atoms. The standard InChI is InChI=1S/C23H23N/c1-2-22(20-14-8-4-9-15-20)23(21-16-10-5-11-17-21)24-18-19-12-6-3-7-13-19/h2-17,22-24H,1,18H2. The lowest BCUT2D eigenvalue weighted by atomic mass is 9.87. The molecule has 1 nitrogen and oxygen atoms in total. The Kier molecular flexibility index (Phi) is 5.60. The van der Waals surface area contributed by atoms with Crippen molar-refractivity contribution in [1.82, 2.24) is 5.32 Å². The second-order valence-corrected chi connectivity index (χ2v) is 5.93. The van der Waals surface area contributed by atoms with Crippen LogP contribution in [-0.2, 0) is 6.54 Å². The zero-order valence-electron chi connectivity index (χ0n) is 13.8. The first-order valence-electron chi connectivity index (χ1n) is 8.38. The van der Waals surface area contributed by atoms with Gasteiger partial charge in [-0.3, -0.25) is 0 Å². The minimum absolute atomic E-state index is 0.186.